The van der Waals surface area contributed by atoms with Crippen LogP contribution in [-0.2, 0) is 0 Å². The van der Waals surface area contributed by atoms with E-state index in [4.69, 9.17) is 5.84 Å². The van der Waals surface area contributed by atoms with E-state index in [2.05, 4.69) is 15.7 Å². The molecule has 0 spiro atoms. The maximum absolute atomic E-state index is 5.22. The van der Waals surface area contributed by atoms with E-state index < -0.39 is 0 Å². The van der Waals surface area contributed by atoms with Gasteiger partial charge in [0.1, 0.15) is 0 Å². The molecule has 1 rings (SSSR count). The molecule has 1 unspecified atom stereocenters. The lowest BCUT2D eigenvalue weighted by Gasteiger charge is -2.11. The maximum atomic E-state index is 5.22. The van der Waals surface area contributed by atoms with Crippen LogP contribution in [0.3, 0.4) is 0 Å². The third kappa shape index (κ3) is 2.91. The summed E-state index contributed by atoms with van der Waals surface area (Å²) in [5, 5.41) is 3.89. The second-order valence-electron chi connectivity index (χ2n) is 2.73. The first-order chi connectivity index (χ1) is 5.86. The van der Waals surface area contributed by atoms with Gasteiger partial charge >= 0.3 is 0 Å². The van der Waals surface area contributed by atoms with Crippen LogP contribution in [0.5, 0.6) is 0 Å². The quantitative estimate of drug-likeness (QED) is 0.245. The van der Waals surface area contributed by atoms with E-state index in [0.717, 1.165) is 11.8 Å². The van der Waals surface area contributed by atoms with Gasteiger partial charge in [0.15, 0.2) is 0 Å². The Hall–Kier alpha value is -0.420. The predicted octanol–water partition coefficient (Wildman–Crippen LogP) is -0.0793. The topological polar surface area (TPSA) is 62.4 Å². The highest BCUT2D eigenvalue weighted by molar-refractivity contribution is 8.00. The molecule has 0 radical (unpaired) electrons. The summed E-state index contributed by atoms with van der Waals surface area (Å²) >= 11 is 2.02. The molecule has 4 N–H and O–H groups in total. The van der Waals surface area contributed by atoms with Gasteiger partial charge in [-0.1, -0.05) is 0 Å². The van der Waals surface area contributed by atoms with Crippen LogP contribution in [-0.4, -0.2) is 30.6 Å². The molecular formula is C7H16N4S. The highest BCUT2D eigenvalue weighted by Crippen LogP contribution is 2.24. The van der Waals surface area contributed by atoms with Crippen molar-refractivity contribution in [3.8, 4) is 0 Å². The monoisotopic (exact) mass is 188 g/mol. The number of nitrogens with two attached hydrogens (primary N) is 1. The van der Waals surface area contributed by atoms with Crippen molar-refractivity contribution in [2.24, 2.45) is 10.8 Å². The van der Waals surface area contributed by atoms with E-state index in [0.29, 0.717) is 5.96 Å². The molecule has 1 saturated heterocycles. The van der Waals surface area contributed by atoms with E-state index in [9.17, 15) is 0 Å². The maximum Gasteiger partial charge on any atom is 0.205 e. The average Bonchev–Trinajstić information content (AvgIpc) is 2.59. The summed E-state index contributed by atoms with van der Waals surface area (Å²) in [7, 11) is 1.71. The minimum absolute atomic E-state index is 0.669. The Bertz CT molecular complexity index is 153. The molecule has 1 heterocycles. The Kier molecular flexibility index (Phi) is 4.24. The van der Waals surface area contributed by atoms with E-state index in [-0.39, 0.29) is 0 Å². The zero-order valence-corrected chi connectivity index (χ0v) is 8.16. The van der Waals surface area contributed by atoms with E-state index in [1.165, 1.54) is 18.6 Å². The summed E-state index contributed by atoms with van der Waals surface area (Å²) in [5.74, 6) is 7.18. The number of hydrogen-bond acceptors (Lipinski definition) is 3. The molecule has 0 amide bonds. The summed E-state index contributed by atoms with van der Waals surface area (Å²) in [6, 6.07) is 0. The minimum Gasteiger partial charge on any atom is -0.354 e. The minimum atomic E-state index is 0.669. The van der Waals surface area contributed by atoms with Gasteiger partial charge in [-0.3, -0.25) is 10.4 Å². The molecule has 0 saturated carbocycles. The van der Waals surface area contributed by atoms with E-state index >= 15 is 0 Å². The Balaban J connectivity index is 2.15. The molecule has 1 fully saturated rings. The number of aliphatic imine (C=N–C) groups is 1. The van der Waals surface area contributed by atoms with Crippen molar-refractivity contribution in [2.45, 2.75) is 18.1 Å². The Morgan fingerprint density at radius 1 is 1.75 bits per heavy atom. The molecule has 0 aromatic rings. The Morgan fingerprint density at radius 3 is 3.08 bits per heavy atom. The third-order valence-electron chi connectivity index (χ3n) is 1.88. The number of nitrogens with zero attached hydrogens (tertiary/aromatic N) is 1. The van der Waals surface area contributed by atoms with Crippen molar-refractivity contribution < 1.29 is 0 Å². The Labute approximate surface area is 77.4 Å². The molecule has 70 valence electrons. The number of thioether (sulfide) groups is 1. The van der Waals surface area contributed by atoms with Gasteiger partial charge in [0.25, 0.3) is 0 Å². The number of guanidine groups is 1. The second-order valence-corrected chi connectivity index (χ2v) is 4.14. The highest BCUT2D eigenvalue weighted by atomic mass is 32.2. The Morgan fingerprint density at radius 2 is 2.58 bits per heavy atom. The van der Waals surface area contributed by atoms with Crippen LogP contribution < -0.4 is 16.6 Å². The average molecular weight is 188 g/mol. The van der Waals surface area contributed by atoms with Crippen molar-refractivity contribution in [1.82, 2.24) is 10.7 Å². The van der Waals surface area contributed by atoms with Gasteiger partial charge in [0, 0.05) is 18.8 Å². The summed E-state index contributed by atoms with van der Waals surface area (Å²) in [5.41, 5.74) is 2.51. The van der Waals surface area contributed by atoms with Gasteiger partial charge in [0.05, 0.1) is 0 Å². The fourth-order valence-electron chi connectivity index (χ4n) is 1.21. The SMILES string of the molecule is CN=C(NN)NCC1CCCS1. The zero-order chi connectivity index (χ0) is 8.81. The predicted molar refractivity (Wildman–Crippen MR) is 54.2 cm³/mol. The molecule has 0 aliphatic carbocycles. The summed E-state index contributed by atoms with van der Waals surface area (Å²) in [6.07, 6.45) is 2.64. The van der Waals surface area contributed by atoms with Crippen LogP contribution in [0.4, 0.5) is 0 Å². The van der Waals surface area contributed by atoms with Crippen molar-refractivity contribution in [2.75, 3.05) is 19.3 Å². The van der Waals surface area contributed by atoms with Crippen LogP contribution in [0.15, 0.2) is 4.99 Å². The smallest absolute Gasteiger partial charge is 0.205 e. The first-order valence-corrected chi connectivity index (χ1v) is 5.20. The summed E-state index contributed by atoms with van der Waals surface area (Å²) in [6.45, 7) is 0.960. The number of rotatable bonds is 2. The lowest BCUT2D eigenvalue weighted by molar-refractivity contribution is 0.731. The van der Waals surface area contributed by atoms with Crippen LogP contribution >= 0.6 is 11.8 Å². The molecule has 0 aromatic carbocycles. The summed E-state index contributed by atoms with van der Waals surface area (Å²) < 4.78 is 0. The molecule has 0 bridgehead atoms. The number of hydrogen-bond donors (Lipinski definition) is 3. The van der Waals surface area contributed by atoms with Crippen molar-refractivity contribution >= 4 is 17.7 Å². The van der Waals surface area contributed by atoms with Gasteiger partial charge < -0.3 is 5.32 Å². The third-order valence-corrected chi connectivity index (χ3v) is 3.28. The lowest BCUT2D eigenvalue weighted by atomic mass is 10.2. The van der Waals surface area contributed by atoms with E-state index in [1.807, 2.05) is 11.8 Å². The molecular weight excluding hydrogens is 172 g/mol. The standard InChI is InChI=1S/C7H16N4S/c1-9-7(11-8)10-5-6-3-2-4-12-6/h6H,2-5,8H2,1H3,(H2,9,10,11). The van der Waals surface area contributed by atoms with Gasteiger partial charge in [-0.2, -0.15) is 11.8 Å². The molecule has 0 aromatic heterocycles. The molecule has 1 atom stereocenters. The van der Waals surface area contributed by atoms with Crippen molar-refractivity contribution in [1.29, 1.82) is 0 Å². The van der Waals surface area contributed by atoms with Crippen LogP contribution in [0.2, 0.25) is 0 Å². The molecule has 12 heavy (non-hydrogen) atoms. The van der Waals surface area contributed by atoms with Gasteiger partial charge in [-0.15, -0.1) is 0 Å². The largest absolute Gasteiger partial charge is 0.354 e. The van der Waals surface area contributed by atoms with Crippen molar-refractivity contribution in [3.63, 3.8) is 0 Å². The first kappa shape index (κ1) is 9.67. The summed E-state index contributed by atoms with van der Waals surface area (Å²) in [4.78, 5) is 3.93. The number of hydrazine groups is 1. The lowest BCUT2D eigenvalue weighted by Crippen LogP contribution is -2.43. The molecule has 4 nitrogen and oxygen atoms in total. The molecule has 1 aliphatic rings. The fraction of sp³-hybridized carbons (Fsp3) is 0.857. The first-order valence-electron chi connectivity index (χ1n) is 4.15. The second kappa shape index (κ2) is 5.27. The van der Waals surface area contributed by atoms with E-state index in [1.54, 1.807) is 7.05 Å². The number of nitrogens with one attached hydrogen (secondary N) is 2. The highest BCUT2D eigenvalue weighted by Gasteiger charge is 2.15. The van der Waals surface area contributed by atoms with Gasteiger partial charge in [-0.05, 0) is 18.6 Å². The molecule has 1 aliphatic heterocycles. The van der Waals surface area contributed by atoms with Crippen LogP contribution in [0, 0.1) is 0 Å². The van der Waals surface area contributed by atoms with Crippen molar-refractivity contribution in [3.05, 3.63) is 0 Å². The van der Waals surface area contributed by atoms with Crippen LogP contribution in [0.1, 0.15) is 12.8 Å². The van der Waals surface area contributed by atoms with Gasteiger partial charge in [-0.25, -0.2) is 5.84 Å². The van der Waals surface area contributed by atoms with Crippen LogP contribution in [0.25, 0.3) is 0 Å². The zero-order valence-electron chi connectivity index (χ0n) is 7.34. The van der Waals surface area contributed by atoms with Gasteiger partial charge in [0.2, 0.25) is 5.96 Å². The molecule has 5 heteroatoms. The normalized spacial score (nSPS) is 24.2. The fourth-order valence-corrected chi connectivity index (χ4v) is 2.41.